The van der Waals surface area contributed by atoms with Gasteiger partial charge in [0.2, 0.25) is 0 Å². The summed E-state index contributed by atoms with van der Waals surface area (Å²) in [7, 11) is 0. The van der Waals surface area contributed by atoms with Crippen molar-refractivity contribution in [3.05, 3.63) is 100 Å². The maximum absolute atomic E-state index is 13.1. The molecule has 1 N–H and O–H groups in total. The number of benzene rings is 3. The van der Waals surface area contributed by atoms with Gasteiger partial charge in [0.1, 0.15) is 0 Å². The molecule has 0 spiro atoms. The Morgan fingerprint density at radius 1 is 0.906 bits per heavy atom. The minimum atomic E-state index is -0.155. The van der Waals surface area contributed by atoms with Gasteiger partial charge in [-0.1, -0.05) is 53.6 Å². The summed E-state index contributed by atoms with van der Waals surface area (Å²) in [5, 5.41) is 3.58. The lowest BCUT2D eigenvalue weighted by Gasteiger charge is -2.35. The number of nitrogens with one attached hydrogen (secondary N) is 1. The second-order valence-electron chi connectivity index (χ2n) is 8.05. The monoisotopic (exact) mass is 447 g/mol. The van der Waals surface area contributed by atoms with E-state index < -0.39 is 0 Å². The maximum atomic E-state index is 13.1. The Morgan fingerprint density at radius 2 is 1.56 bits per heavy atom. The molecule has 4 rings (SSSR count). The second-order valence-corrected chi connectivity index (χ2v) is 8.49. The summed E-state index contributed by atoms with van der Waals surface area (Å²) in [5.74, 6) is -0.155. The fourth-order valence-electron chi connectivity index (χ4n) is 3.76. The van der Waals surface area contributed by atoms with Crippen LogP contribution in [-0.2, 0) is 13.1 Å². The van der Waals surface area contributed by atoms with E-state index in [0.29, 0.717) is 30.2 Å². The van der Waals surface area contributed by atoms with E-state index in [4.69, 9.17) is 11.6 Å². The fraction of sp³-hybridized carbons (Fsp3) is 0.231. The van der Waals surface area contributed by atoms with Gasteiger partial charge in [0.05, 0.1) is 0 Å². The van der Waals surface area contributed by atoms with Crippen LogP contribution in [0.3, 0.4) is 0 Å². The molecule has 3 amide bonds. The second kappa shape index (κ2) is 9.88. The third kappa shape index (κ3) is 5.29. The average Bonchev–Trinajstić information content (AvgIpc) is 2.81. The van der Waals surface area contributed by atoms with Gasteiger partial charge in [0.15, 0.2) is 0 Å². The largest absolute Gasteiger partial charge is 0.348 e. The summed E-state index contributed by atoms with van der Waals surface area (Å²) in [5.41, 5.74) is 4.67. The number of rotatable bonds is 6. The number of nitrogens with zero attached hydrogens (tertiary/aromatic N) is 2. The SMILES string of the molecule is Cc1ccc(CN2CCCN(c3ccc(C(=O)NCc4ccc(Cl)cc4)cc3)C2=O)cc1. The van der Waals surface area contributed by atoms with Crippen molar-refractivity contribution in [3.8, 4) is 0 Å². The Kier molecular flexibility index (Phi) is 6.76. The van der Waals surface area contributed by atoms with Crippen LogP contribution in [0.4, 0.5) is 10.5 Å². The van der Waals surface area contributed by atoms with E-state index in [9.17, 15) is 9.59 Å². The number of amides is 3. The van der Waals surface area contributed by atoms with Crippen LogP contribution >= 0.6 is 11.6 Å². The summed E-state index contributed by atoms with van der Waals surface area (Å²) in [6.07, 6.45) is 0.904. The standard InChI is InChI=1S/C26H26ClN3O2/c1-19-3-5-21(6-4-19)18-29-15-2-16-30(26(29)32)24-13-9-22(10-14-24)25(31)28-17-20-7-11-23(27)12-8-20/h3-14H,2,15-18H2,1H3,(H,28,31). The van der Waals surface area contributed by atoms with Crippen molar-refractivity contribution in [2.45, 2.75) is 26.4 Å². The van der Waals surface area contributed by atoms with E-state index in [-0.39, 0.29) is 11.9 Å². The molecule has 0 radical (unpaired) electrons. The van der Waals surface area contributed by atoms with Gasteiger partial charge >= 0.3 is 6.03 Å². The Hall–Kier alpha value is -3.31. The van der Waals surface area contributed by atoms with Crippen molar-refractivity contribution < 1.29 is 9.59 Å². The van der Waals surface area contributed by atoms with Crippen LogP contribution in [0, 0.1) is 6.92 Å². The molecule has 0 saturated carbocycles. The van der Waals surface area contributed by atoms with Crippen molar-refractivity contribution in [1.82, 2.24) is 10.2 Å². The van der Waals surface area contributed by atoms with Gasteiger partial charge in [-0.2, -0.15) is 0 Å². The van der Waals surface area contributed by atoms with Crippen LogP contribution in [0.15, 0.2) is 72.8 Å². The van der Waals surface area contributed by atoms with Gasteiger partial charge in [-0.15, -0.1) is 0 Å². The molecule has 5 nitrogen and oxygen atoms in total. The number of aryl methyl sites for hydroxylation is 1. The van der Waals surface area contributed by atoms with Crippen molar-refractivity contribution >= 4 is 29.2 Å². The average molecular weight is 448 g/mol. The van der Waals surface area contributed by atoms with E-state index >= 15 is 0 Å². The van der Waals surface area contributed by atoms with Crippen molar-refractivity contribution in [1.29, 1.82) is 0 Å². The first kappa shape index (κ1) is 21.9. The normalized spacial score (nSPS) is 13.9. The maximum Gasteiger partial charge on any atom is 0.324 e. The van der Waals surface area contributed by atoms with Gasteiger partial charge < -0.3 is 10.2 Å². The molecule has 1 fully saturated rings. The van der Waals surface area contributed by atoms with Crippen molar-refractivity contribution in [2.24, 2.45) is 0 Å². The highest BCUT2D eigenvalue weighted by molar-refractivity contribution is 6.30. The van der Waals surface area contributed by atoms with Gasteiger partial charge in [0.25, 0.3) is 5.91 Å². The molecule has 3 aromatic rings. The molecule has 0 unspecified atom stereocenters. The minimum Gasteiger partial charge on any atom is -0.348 e. The number of carbonyl (C=O) groups excluding carboxylic acids is 2. The van der Waals surface area contributed by atoms with Gasteiger partial charge in [-0.05, 0) is 60.9 Å². The minimum absolute atomic E-state index is 0.00300. The molecule has 164 valence electrons. The lowest BCUT2D eigenvalue weighted by molar-refractivity contribution is 0.0951. The quantitative estimate of drug-likeness (QED) is 0.549. The fourth-order valence-corrected chi connectivity index (χ4v) is 3.89. The number of hydrogen-bond donors (Lipinski definition) is 1. The highest BCUT2D eigenvalue weighted by atomic mass is 35.5. The highest BCUT2D eigenvalue weighted by Gasteiger charge is 2.26. The first-order valence-electron chi connectivity index (χ1n) is 10.7. The van der Waals surface area contributed by atoms with Gasteiger partial charge in [0, 0.05) is 42.5 Å². The number of urea groups is 1. The molecule has 6 heteroatoms. The molecule has 32 heavy (non-hydrogen) atoms. The zero-order chi connectivity index (χ0) is 22.5. The summed E-state index contributed by atoms with van der Waals surface area (Å²) >= 11 is 5.90. The first-order chi connectivity index (χ1) is 15.5. The molecule has 3 aromatic carbocycles. The Bertz CT molecular complexity index is 1080. The lowest BCUT2D eigenvalue weighted by Crippen LogP contribution is -2.49. The van der Waals surface area contributed by atoms with Gasteiger partial charge in [-0.3, -0.25) is 9.69 Å². The molecule has 1 aliphatic rings. The van der Waals surface area contributed by atoms with Crippen LogP contribution in [-0.4, -0.2) is 29.9 Å². The molecular weight excluding hydrogens is 422 g/mol. The number of anilines is 1. The van der Waals surface area contributed by atoms with Crippen LogP contribution in [0.25, 0.3) is 0 Å². The summed E-state index contributed by atoms with van der Waals surface area (Å²) < 4.78 is 0. The summed E-state index contributed by atoms with van der Waals surface area (Å²) in [6.45, 7) is 4.50. The molecule has 1 saturated heterocycles. The predicted octanol–water partition coefficient (Wildman–Crippen LogP) is 5.41. The molecule has 0 aliphatic carbocycles. The smallest absolute Gasteiger partial charge is 0.324 e. The zero-order valence-electron chi connectivity index (χ0n) is 18.1. The number of carbonyl (C=O) groups is 2. The molecule has 0 atom stereocenters. The third-order valence-corrected chi connectivity index (χ3v) is 5.86. The Balaban J connectivity index is 1.37. The van der Waals surface area contributed by atoms with Crippen LogP contribution in [0.1, 0.15) is 33.5 Å². The van der Waals surface area contributed by atoms with E-state index in [0.717, 1.165) is 29.8 Å². The topological polar surface area (TPSA) is 52.6 Å². The van der Waals surface area contributed by atoms with Crippen LogP contribution < -0.4 is 10.2 Å². The zero-order valence-corrected chi connectivity index (χ0v) is 18.8. The van der Waals surface area contributed by atoms with Crippen molar-refractivity contribution in [2.75, 3.05) is 18.0 Å². The number of halogens is 1. The van der Waals surface area contributed by atoms with E-state index in [2.05, 4.69) is 36.5 Å². The predicted molar refractivity (Wildman–Crippen MR) is 128 cm³/mol. The molecular formula is C26H26ClN3O2. The Labute approximate surface area is 193 Å². The van der Waals surface area contributed by atoms with E-state index in [1.54, 1.807) is 29.2 Å². The summed E-state index contributed by atoms with van der Waals surface area (Å²) in [6, 6.07) is 22.8. The van der Waals surface area contributed by atoms with E-state index in [1.807, 2.05) is 29.2 Å². The third-order valence-electron chi connectivity index (χ3n) is 5.61. The number of hydrogen-bond acceptors (Lipinski definition) is 2. The Morgan fingerprint density at radius 3 is 2.25 bits per heavy atom. The lowest BCUT2D eigenvalue weighted by atomic mass is 10.1. The molecule has 0 aromatic heterocycles. The molecule has 1 heterocycles. The van der Waals surface area contributed by atoms with Gasteiger partial charge in [-0.25, -0.2) is 4.79 Å². The van der Waals surface area contributed by atoms with E-state index in [1.165, 1.54) is 5.56 Å². The molecule has 1 aliphatic heterocycles. The summed E-state index contributed by atoms with van der Waals surface area (Å²) in [4.78, 5) is 29.2. The molecule has 0 bridgehead atoms. The first-order valence-corrected chi connectivity index (χ1v) is 11.1. The van der Waals surface area contributed by atoms with Crippen molar-refractivity contribution in [3.63, 3.8) is 0 Å². The highest BCUT2D eigenvalue weighted by Crippen LogP contribution is 2.22. The van der Waals surface area contributed by atoms with Crippen LogP contribution in [0.2, 0.25) is 5.02 Å². The van der Waals surface area contributed by atoms with Crippen LogP contribution in [0.5, 0.6) is 0 Å².